The number of ketones is 1. The predicted molar refractivity (Wildman–Crippen MR) is 27.5 cm³/mol. The molecule has 0 aromatic heterocycles. The first-order valence-corrected chi connectivity index (χ1v) is 2.29. The molecule has 0 heterocycles. The summed E-state index contributed by atoms with van der Waals surface area (Å²) in [4.78, 5) is 20.1. The van der Waals surface area contributed by atoms with E-state index < -0.39 is 11.9 Å². The second-order valence-electron chi connectivity index (χ2n) is 1.67. The summed E-state index contributed by atoms with van der Waals surface area (Å²) in [5.41, 5.74) is 0. The van der Waals surface area contributed by atoms with Crippen molar-refractivity contribution in [1.29, 1.82) is 0 Å². The van der Waals surface area contributed by atoms with Crippen LogP contribution < -0.4 is 0 Å². The van der Waals surface area contributed by atoms with E-state index in [0.717, 1.165) is 0 Å². The van der Waals surface area contributed by atoms with Crippen molar-refractivity contribution < 1.29 is 37.1 Å². The molecule has 0 bridgehead atoms. The van der Waals surface area contributed by atoms with Crippen molar-refractivity contribution in [2.75, 3.05) is 0 Å². The SMILES string of the molecule is CC(=O)C(C)C(=O)O.[Ag]. The van der Waals surface area contributed by atoms with Crippen molar-refractivity contribution in [2.24, 2.45) is 5.92 Å². The molecule has 0 amide bonds. The molecule has 0 saturated carbocycles. The first kappa shape index (κ1) is 11.6. The van der Waals surface area contributed by atoms with E-state index in [9.17, 15) is 9.59 Å². The molecule has 1 unspecified atom stereocenters. The summed E-state index contributed by atoms with van der Waals surface area (Å²) in [6, 6.07) is 0. The number of carbonyl (C=O) groups is 2. The van der Waals surface area contributed by atoms with Crippen molar-refractivity contribution >= 4 is 11.8 Å². The molecule has 0 aliphatic heterocycles. The van der Waals surface area contributed by atoms with Gasteiger partial charge >= 0.3 is 5.97 Å². The molecule has 0 spiro atoms. The Morgan fingerprint density at radius 1 is 1.44 bits per heavy atom. The molecule has 1 atom stereocenters. The Bertz CT molecular complexity index is 107. The van der Waals surface area contributed by atoms with Crippen LogP contribution in [0.4, 0.5) is 0 Å². The van der Waals surface area contributed by atoms with Crippen molar-refractivity contribution in [3.05, 3.63) is 0 Å². The van der Waals surface area contributed by atoms with E-state index in [4.69, 9.17) is 5.11 Å². The van der Waals surface area contributed by atoms with E-state index in [2.05, 4.69) is 0 Å². The molecule has 0 rings (SSSR count). The third kappa shape index (κ3) is 4.39. The summed E-state index contributed by atoms with van der Waals surface area (Å²) in [6.07, 6.45) is 0. The standard InChI is InChI=1S/C5H8O3.Ag/c1-3(4(2)6)5(7)8;/h3H,1-2H3,(H,7,8);. The summed E-state index contributed by atoms with van der Waals surface area (Å²) < 4.78 is 0. The topological polar surface area (TPSA) is 54.4 Å². The van der Waals surface area contributed by atoms with Crippen molar-refractivity contribution in [2.45, 2.75) is 13.8 Å². The van der Waals surface area contributed by atoms with E-state index in [-0.39, 0.29) is 28.2 Å². The van der Waals surface area contributed by atoms with Gasteiger partial charge in [-0.05, 0) is 13.8 Å². The fraction of sp³-hybridized carbons (Fsp3) is 0.600. The quantitative estimate of drug-likeness (QED) is 0.541. The first-order valence-electron chi connectivity index (χ1n) is 2.29. The van der Waals surface area contributed by atoms with Crippen molar-refractivity contribution in [3.8, 4) is 0 Å². The molecule has 0 aliphatic carbocycles. The molecule has 1 N–H and O–H groups in total. The van der Waals surface area contributed by atoms with Crippen LogP contribution in [0, 0.1) is 5.92 Å². The van der Waals surface area contributed by atoms with Gasteiger partial charge in [0.05, 0.1) is 0 Å². The summed E-state index contributed by atoms with van der Waals surface area (Å²) >= 11 is 0. The average Bonchev–Trinajstić information content (AvgIpc) is 1.64. The van der Waals surface area contributed by atoms with Gasteiger partial charge in [0.2, 0.25) is 0 Å². The maximum atomic E-state index is 10.2. The predicted octanol–water partition coefficient (Wildman–Crippen LogP) is 0.294. The third-order valence-corrected chi connectivity index (χ3v) is 0.980. The van der Waals surface area contributed by atoms with E-state index in [1.165, 1.54) is 13.8 Å². The Balaban J connectivity index is 0. The molecule has 4 heteroatoms. The Morgan fingerprint density at radius 2 is 1.78 bits per heavy atom. The largest absolute Gasteiger partial charge is 0.481 e. The van der Waals surface area contributed by atoms with E-state index in [1.54, 1.807) is 0 Å². The molecule has 57 valence electrons. The molecule has 9 heavy (non-hydrogen) atoms. The molecule has 3 nitrogen and oxygen atoms in total. The Kier molecular flexibility index (Phi) is 6.12. The maximum Gasteiger partial charge on any atom is 0.313 e. The van der Waals surface area contributed by atoms with Crippen LogP contribution >= 0.6 is 0 Å². The van der Waals surface area contributed by atoms with Gasteiger partial charge in [0.1, 0.15) is 11.7 Å². The first-order chi connectivity index (χ1) is 3.55. The second kappa shape index (κ2) is 4.73. The minimum Gasteiger partial charge on any atom is -0.481 e. The van der Waals surface area contributed by atoms with Gasteiger partial charge < -0.3 is 5.11 Å². The van der Waals surface area contributed by atoms with Crippen LogP contribution in [0.1, 0.15) is 13.8 Å². The number of carboxylic acids is 1. The number of carbonyl (C=O) groups excluding carboxylic acids is 1. The van der Waals surface area contributed by atoms with Gasteiger partial charge in [-0.25, -0.2) is 0 Å². The fourth-order valence-corrected chi connectivity index (χ4v) is 0.174. The van der Waals surface area contributed by atoms with Gasteiger partial charge in [-0.3, -0.25) is 9.59 Å². The number of hydrogen-bond donors (Lipinski definition) is 1. The van der Waals surface area contributed by atoms with Gasteiger partial charge in [-0.1, -0.05) is 0 Å². The van der Waals surface area contributed by atoms with E-state index in [1.807, 2.05) is 0 Å². The maximum absolute atomic E-state index is 10.2. The minimum atomic E-state index is -1.06. The summed E-state index contributed by atoms with van der Waals surface area (Å²) in [7, 11) is 0. The average molecular weight is 224 g/mol. The molecular formula is C5H8AgO3. The van der Waals surface area contributed by atoms with Crippen LogP contribution in [0.25, 0.3) is 0 Å². The van der Waals surface area contributed by atoms with Gasteiger partial charge in [-0.15, -0.1) is 0 Å². The van der Waals surface area contributed by atoms with Crippen LogP contribution in [0.15, 0.2) is 0 Å². The smallest absolute Gasteiger partial charge is 0.313 e. The van der Waals surface area contributed by atoms with Gasteiger partial charge in [0, 0.05) is 22.4 Å². The summed E-state index contributed by atoms with van der Waals surface area (Å²) in [5.74, 6) is -2.22. The third-order valence-electron chi connectivity index (χ3n) is 0.980. The molecule has 0 saturated heterocycles. The second-order valence-corrected chi connectivity index (χ2v) is 1.67. The van der Waals surface area contributed by atoms with Crippen LogP contribution in [0.2, 0.25) is 0 Å². The van der Waals surface area contributed by atoms with Crippen molar-refractivity contribution in [3.63, 3.8) is 0 Å². The van der Waals surface area contributed by atoms with Gasteiger partial charge in [0.15, 0.2) is 0 Å². The number of rotatable bonds is 2. The number of hydrogen-bond acceptors (Lipinski definition) is 2. The van der Waals surface area contributed by atoms with E-state index >= 15 is 0 Å². The monoisotopic (exact) mass is 223 g/mol. The normalized spacial score (nSPS) is 11.3. The van der Waals surface area contributed by atoms with Gasteiger partial charge in [-0.2, -0.15) is 0 Å². The zero-order valence-electron chi connectivity index (χ0n) is 5.14. The number of aliphatic carboxylic acids is 1. The van der Waals surface area contributed by atoms with Crippen molar-refractivity contribution in [1.82, 2.24) is 0 Å². The Labute approximate surface area is 68.9 Å². The number of carboxylic acid groups (broad SMARTS) is 1. The molecule has 1 radical (unpaired) electrons. The zero-order valence-corrected chi connectivity index (χ0v) is 6.62. The number of Topliss-reactive ketones (excluding diaryl/α,β-unsaturated/α-hetero) is 1. The molecular weight excluding hydrogens is 216 g/mol. The van der Waals surface area contributed by atoms with Crippen LogP contribution in [-0.4, -0.2) is 16.9 Å². The summed E-state index contributed by atoms with van der Waals surface area (Å²) in [5, 5.41) is 8.13. The molecule has 0 aliphatic rings. The molecule has 0 fully saturated rings. The van der Waals surface area contributed by atoms with Crippen LogP contribution in [0.3, 0.4) is 0 Å². The van der Waals surface area contributed by atoms with Crippen LogP contribution in [-0.2, 0) is 32.0 Å². The Morgan fingerprint density at radius 3 is 1.78 bits per heavy atom. The van der Waals surface area contributed by atoms with E-state index in [0.29, 0.717) is 0 Å². The van der Waals surface area contributed by atoms with Gasteiger partial charge in [0.25, 0.3) is 0 Å². The Hall–Kier alpha value is -0.120. The zero-order chi connectivity index (χ0) is 6.73. The minimum absolute atomic E-state index is 0. The molecule has 0 aromatic carbocycles. The summed E-state index contributed by atoms with van der Waals surface area (Å²) in [6.45, 7) is 2.63. The molecule has 0 aromatic rings. The fourth-order valence-electron chi connectivity index (χ4n) is 0.174. The van der Waals surface area contributed by atoms with Crippen LogP contribution in [0.5, 0.6) is 0 Å².